The molecule has 0 radical (unpaired) electrons. The number of hydrogen-bond acceptors (Lipinski definition) is 4. The van der Waals surface area contributed by atoms with E-state index in [0.29, 0.717) is 41.7 Å². The van der Waals surface area contributed by atoms with Gasteiger partial charge in [0, 0.05) is 43.4 Å². The zero-order valence-electron chi connectivity index (χ0n) is 20.0. The number of amides is 1. The highest BCUT2D eigenvalue weighted by Gasteiger charge is 2.38. The summed E-state index contributed by atoms with van der Waals surface area (Å²) >= 11 is 0. The molecule has 3 aliphatic rings. The van der Waals surface area contributed by atoms with Gasteiger partial charge < -0.3 is 14.9 Å². The molecule has 1 aromatic carbocycles. The molecule has 0 bridgehead atoms. The Hall–Kier alpha value is -2.94. The number of nitrogens with zero attached hydrogens (tertiary/aromatic N) is 3. The fourth-order valence-corrected chi connectivity index (χ4v) is 6.06. The van der Waals surface area contributed by atoms with Crippen molar-refractivity contribution in [2.75, 3.05) is 19.6 Å². The average molecular weight is 502 g/mol. The standard InChI is InChI=1S/C27H30F3N3O3/c28-27(29,30)22-13-21-16-33(11-8-24(21)31-15-22)25(34)19-4-5-23(14-19)32-9-6-17(7-10-32)18-2-1-3-20(12-18)26(35)36/h1-3,12-13,15,17,19,23H,4-11,14,16H2,(H,35,36). The van der Waals surface area contributed by atoms with Gasteiger partial charge in [0.15, 0.2) is 0 Å². The van der Waals surface area contributed by atoms with E-state index in [0.717, 1.165) is 63.0 Å². The molecule has 9 heteroatoms. The summed E-state index contributed by atoms with van der Waals surface area (Å²) in [6.07, 6.45) is 1.34. The van der Waals surface area contributed by atoms with E-state index in [-0.39, 0.29) is 18.4 Å². The molecular weight excluding hydrogens is 471 g/mol. The zero-order valence-corrected chi connectivity index (χ0v) is 20.0. The topological polar surface area (TPSA) is 73.7 Å². The molecule has 2 unspecified atom stereocenters. The van der Waals surface area contributed by atoms with Crippen LogP contribution in [0.5, 0.6) is 0 Å². The maximum Gasteiger partial charge on any atom is 0.417 e. The van der Waals surface area contributed by atoms with Crippen molar-refractivity contribution in [3.05, 3.63) is 64.5 Å². The molecule has 1 aromatic heterocycles. The van der Waals surface area contributed by atoms with Crippen LogP contribution in [-0.4, -0.2) is 57.4 Å². The van der Waals surface area contributed by atoms with Gasteiger partial charge in [-0.05, 0) is 80.4 Å². The smallest absolute Gasteiger partial charge is 0.417 e. The monoisotopic (exact) mass is 501 g/mol. The lowest BCUT2D eigenvalue weighted by Crippen LogP contribution is -2.42. The summed E-state index contributed by atoms with van der Waals surface area (Å²) in [4.78, 5) is 32.7. The van der Waals surface area contributed by atoms with E-state index in [1.165, 1.54) is 0 Å². The van der Waals surface area contributed by atoms with Gasteiger partial charge in [-0.2, -0.15) is 13.2 Å². The number of rotatable bonds is 4. The number of carboxylic acid groups (broad SMARTS) is 1. The molecule has 1 aliphatic carbocycles. The third-order valence-electron chi connectivity index (χ3n) is 8.08. The molecule has 3 heterocycles. The van der Waals surface area contributed by atoms with Gasteiger partial charge >= 0.3 is 12.1 Å². The highest BCUT2D eigenvalue weighted by Crippen LogP contribution is 2.37. The van der Waals surface area contributed by atoms with Crippen molar-refractivity contribution < 1.29 is 27.9 Å². The Morgan fingerprint density at radius 3 is 2.53 bits per heavy atom. The fourth-order valence-electron chi connectivity index (χ4n) is 6.06. The minimum absolute atomic E-state index is 0.0425. The first-order chi connectivity index (χ1) is 17.2. The fraction of sp³-hybridized carbons (Fsp3) is 0.519. The summed E-state index contributed by atoms with van der Waals surface area (Å²) in [6.45, 7) is 2.51. The number of pyridine rings is 1. The van der Waals surface area contributed by atoms with Crippen LogP contribution in [0, 0.1) is 5.92 Å². The summed E-state index contributed by atoms with van der Waals surface area (Å²) in [5.41, 5.74) is 1.76. The quantitative estimate of drug-likeness (QED) is 0.656. The Labute approximate surface area is 208 Å². The van der Waals surface area contributed by atoms with Crippen molar-refractivity contribution in [1.29, 1.82) is 0 Å². The number of piperidine rings is 1. The molecule has 1 amide bonds. The summed E-state index contributed by atoms with van der Waals surface area (Å²) in [5, 5.41) is 9.26. The largest absolute Gasteiger partial charge is 0.478 e. The van der Waals surface area contributed by atoms with Gasteiger partial charge in [0.2, 0.25) is 5.91 Å². The van der Waals surface area contributed by atoms with Crippen molar-refractivity contribution in [3.63, 3.8) is 0 Å². The number of carboxylic acids is 1. The molecule has 2 aliphatic heterocycles. The Morgan fingerprint density at radius 2 is 1.81 bits per heavy atom. The van der Waals surface area contributed by atoms with Gasteiger partial charge in [-0.1, -0.05) is 12.1 Å². The third kappa shape index (κ3) is 5.12. The first-order valence-corrected chi connectivity index (χ1v) is 12.6. The van der Waals surface area contributed by atoms with E-state index in [1.807, 2.05) is 6.07 Å². The number of aromatic carboxylic acids is 1. The van der Waals surface area contributed by atoms with Crippen molar-refractivity contribution >= 4 is 11.9 Å². The molecule has 1 N–H and O–H groups in total. The lowest BCUT2D eigenvalue weighted by Gasteiger charge is -2.36. The molecule has 6 nitrogen and oxygen atoms in total. The number of carbonyl (C=O) groups excluding carboxylic acids is 1. The van der Waals surface area contributed by atoms with Gasteiger partial charge in [0.25, 0.3) is 0 Å². The van der Waals surface area contributed by atoms with Crippen molar-refractivity contribution in [2.24, 2.45) is 5.92 Å². The summed E-state index contributed by atoms with van der Waals surface area (Å²) in [6, 6.07) is 8.66. The van der Waals surface area contributed by atoms with E-state index >= 15 is 0 Å². The Morgan fingerprint density at radius 1 is 1.03 bits per heavy atom. The number of benzene rings is 1. The number of alkyl halides is 3. The third-order valence-corrected chi connectivity index (χ3v) is 8.08. The van der Waals surface area contributed by atoms with Crippen molar-refractivity contribution in [3.8, 4) is 0 Å². The van der Waals surface area contributed by atoms with Gasteiger partial charge in [-0.3, -0.25) is 9.78 Å². The first-order valence-electron chi connectivity index (χ1n) is 12.6. The minimum Gasteiger partial charge on any atom is -0.478 e. The Bertz CT molecular complexity index is 1140. The molecule has 1 saturated heterocycles. The molecular formula is C27H30F3N3O3. The van der Waals surface area contributed by atoms with Crippen LogP contribution in [0.1, 0.15) is 70.8 Å². The van der Waals surface area contributed by atoms with Gasteiger partial charge in [-0.25, -0.2) is 4.79 Å². The zero-order chi connectivity index (χ0) is 25.4. The van der Waals surface area contributed by atoms with Gasteiger partial charge in [0.05, 0.1) is 11.1 Å². The predicted octanol–water partition coefficient (Wildman–Crippen LogP) is 4.73. The maximum atomic E-state index is 13.3. The molecule has 0 spiro atoms. The summed E-state index contributed by atoms with van der Waals surface area (Å²) < 4.78 is 39.3. The molecule has 2 fully saturated rings. The van der Waals surface area contributed by atoms with Gasteiger partial charge in [-0.15, -0.1) is 0 Å². The Kier molecular flexibility index (Phi) is 6.76. The van der Waals surface area contributed by atoms with E-state index in [1.54, 1.807) is 23.1 Å². The lowest BCUT2D eigenvalue weighted by molar-refractivity contribution is -0.138. The normalized spacial score (nSPS) is 23.5. The van der Waals surface area contributed by atoms with E-state index < -0.39 is 17.7 Å². The van der Waals surface area contributed by atoms with Crippen LogP contribution >= 0.6 is 0 Å². The van der Waals surface area contributed by atoms with E-state index in [9.17, 15) is 27.9 Å². The van der Waals surface area contributed by atoms with Crippen molar-refractivity contribution in [1.82, 2.24) is 14.8 Å². The SMILES string of the molecule is O=C(O)c1cccc(C2CCN(C3CCC(C(=O)N4CCc5ncc(C(F)(F)F)cc5C4)C3)CC2)c1. The number of likely N-dealkylation sites (tertiary alicyclic amines) is 1. The molecule has 2 atom stereocenters. The number of fused-ring (bicyclic) bond motifs is 1. The highest BCUT2D eigenvalue weighted by molar-refractivity contribution is 5.87. The maximum absolute atomic E-state index is 13.3. The second kappa shape index (κ2) is 9.84. The lowest BCUT2D eigenvalue weighted by atomic mass is 9.88. The molecule has 2 aromatic rings. The van der Waals surface area contributed by atoms with Gasteiger partial charge in [0.1, 0.15) is 0 Å². The number of hydrogen-bond donors (Lipinski definition) is 1. The van der Waals surface area contributed by atoms with Crippen LogP contribution in [0.15, 0.2) is 36.5 Å². The second-order valence-corrected chi connectivity index (χ2v) is 10.2. The Balaban J connectivity index is 1.16. The number of halogens is 3. The van der Waals surface area contributed by atoms with Crippen molar-refractivity contribution in [2.45, 2.75) is 63.2 Å². The summed E-state index contributed by atoms with van der Waals surface area (Å²) in [5.74, 6) is -0.630. The molecule has 36 heavy (non-hydrogen) atoms. The number of aromatic nitrogens is 1. The minimum atomic E-state index is -4.44. The van der Waals surface area contributed by atoms with E-state index in [4.69, 9.17) is 0 Å². The second-order valence-electron chi connectivity index (χ2n) is 10.2. The van der Waals surface area contributed by atoms with Crippen LogP contribution in [0.2, 0.25) is 0 Å². The highest BCUT2D eigenvalue weighted by atomic mass is 19.4. The van der Waals surface area contributed by atoms with Crippen LogP contribution in [0.4, 0.5) is 13.2 Å². The first kappa shape index (κ1) is 24.7. The van der Waals surface area contributed by atoms with Crippen LogP contribution in [-0.2, 0) is 23.9 Å². The molecule has 5 rings (SSSR count). The predicted molar refractivity (Wildman–Crippen MR) is 126 cm³/mol. The average Bonchev–Trinajstić information content (AvgIpc) is 3.37. The molecule has 192 valence electrons. The van der Waals surface area contributed by atoms with Crippen LogP contribution < -0.4 is 0 Å². The van der Waals surface area contributed by atoms with Crippen LogP contribution in [0.25, 0.3) is 0 Å². The van der Waals surface area contributed by atoms with E-state index in [2.05, 4.69) is 9.88 Å². The molecule has 1 saturated carbocycles. The number of carbonyl (C=O) groups is 2. The van der Waals surface area contributed by atoms with Crippen LogP contribution in [0.3, 0.4) is 0 Å². The summed E-state index contributed by atoms with van der Waals surface area (Å²) in [7, 11) is 0.